The fraction of sp³-hybridized carbons (Fsp3) is 0.533. The van der Waals surface area contributed by atoms with Gasteiger partial charge in [0.25, 0.3) is 0 Å². The van der Waals surface area contributed by atoms with Crippen molar-refractivity contribution < 1.29 is 0 Å². The molecule has 2 fully saturated rings. The minimum atomic E-state index is 0.899. The molecule has 0 spiro atoms. The summed E-state index contributed by atoms with van der Waals surface area (Å²) in [4.78, 5) is 0. The van der Waals surface area contributed by atoms with Gasteiger partial charge in [0, 0.05) is 5.92 Å². The van der Waals surface area contributed by atoms with Gasteiger partial charge in [-0.1, -0.05) is 43.5 Å². The molecule has 0 bridgehead atoms. The SMILES string of the molecule is c1cc(C2CC2)ccc1[C]1CCCCC1. The van der Waals surface area contributed by atoms with Gasteiger partial charge in [0.2, 0.25) is 0 Å². The molecule has 1 radical (unpaired) electrons. The van der Waals surface area contributed by atoms with E-state index >= 15 is 0 Å². The van der Waals surface area contributed by atoms with Crippen LogP contribution < -0.4 is 0 Å². The lowest BCUT2D eigenvalue weighted by Crippen LogP contribution is -2.05. The molecule has 2 aliphatic rings. The highest BCUT2D eigenvalue weighted by atomic mass is 14.3. The molecule has 0 heteroatoms. The molecule has 0 N–H and O–H groups in total. The van der Waals surface area contributed by atoms with Gasteiger partial charge in [-0.25, -0.2) is 0 Å². The smallest absolute Gasteiger partial charge is 0.00498 e. The van der Waals surface area contributed by atoms with Crippen molar-refractivity contribution in [2.24, 2.45) is 0 Å². The summed E-state index contributed by atoms with van der Waals surface area (Å²) in [6.45, 7) is 0. The minimum absolute atomic E-state index is 0.899. The summed E-state index contributed by atoms with van der Waals surface area (Å²) in [5, 5.41) is 0. The van der Waals surface area contributed by atoms with Gasteiger partial charge < -0.3 is 0 Å². The summed E-state index contributed by atoms with van der Waals surface area (Å²) in [6.07, 6.45) is 9.74. The number of hydrogen-bond donors (Lipinski definition) is 0. The predicted molar refractivity (Wildman–Crippen MR) is 63.8 cm³/mol. The molecule has 0 heterocycles. The third kappa shape index (κ3) is 2.09. The third-order valence-electron chi connectivity index (χ3n) is 3.82. The average Bonchev–Trinajstić information content (AvgIpc) is 3.15. The van der Waals surface area contributed by atoms with Crippen molar-refractivity contribution in [3.05, 3.63) is 41.3 Å². The first-order valence-electron chi connectivity index (χ1n) is 6.38. The summed E-state index contributed by atoms with van der Waals surface area (Å²) in [6, 6.07) is 9.42. The molecule has 1 aromatic rings. The molecule has 2 saturated carbocycles. The van der Waals surface area contributed by atoms with Crippen LogP contribution in [0.1, 0.15) is 62.0 Å². The van der Waals surface area contributed by atoms with Crippen LogP contribution >= 0.6 is 0 Å². The Morgan fingerprint density at radius 3 is 2.07 bits per heavy atom. The van der Waals surface area contributed by atoms with Gasteiger partial charge in [-0.2, -0.15) is 0 Å². The maximum atomic E-state index is 2.36. The van der Waals surface area contributed by atoms with E-state index in [2.05, 4.69) is 24.3 Å². The van der Waals surface area contributed by atoms with E-state index in [9.17, 15) is 0 Å². The van der Waals surface area contributed by atoms with Crippen LogP contribution in [0.5, 0.6) is 0 Å². The van der Waals surface area contributed by atoms with Gasteiger partial charge >= 0.3 is 0 Å². The van der Waals surface area contributed by atoms with Gasteiger partial charge in [-0.3, -0.25) is 0 Å². The van der Waals surface area contributed by atoms with Crippen LogP contribution in [0.3, 0.4) is 0 Å². The molecule has 0 unspecified atom stereocenters. The molecule has 0 aromatic heterocycles. The highest BCUT2D eigenvalue weighted by Crippen LogP contribution is 2.40. The summed E-state index contributed by atoms with van der Waals surface area (Å²) in [5.41, 5.74) is 3.08. The van der Waals surface area contributed by atoms with E-state index in [0.717, 1.165) is 5.92 Å². The Hall–Kier alpha value is -0.780. The van der Waals surface area contributed by atoms with Crippen molar-refractivity contribution in [2.75, 3.05) is 0 Å². The zero-order chi connectivity index (χ0) is 10.1. The minimum Gasteiger partial charge on any atom is -0.0585 e. The first-order chi connectivity index (χ1) is 7.43. The second-order valence-electron chi connectivity index (χ2n) is 5.06. The molecule has 15 heavy (non-hydrogen) atoms. The lowest BCUT2D eigenvalue weighted by atomic mass is 9.84. The second-order valence-corrected chi connectivity index (χ2v) is 5.06. The van der Waals surface area contributed by atoms with Crippen LogP contribution in [-0.4, -0.2) is 0 Å². The van der Waals surface area contributed by atoms with Gasteiger partial charge in [0.15, 0.2) is 0 Å². The fourth-order valence-corrected chi connectivity index (χ4v) is 2.67. The standard InChI is InChI=1S/C15H19/c1-2-4-12(5-3-1)13-6-8-14(9-7-13)15-10-11-15/h6-9,15H,1-5,10-11H2. The van der Waals surface area contributed by atoms with Crippen LogP contribution in [0.4, 0.5) is 0 Å². The van der Waals surface area contributed by atoms with Crippen molar-refractivity contribution >= 4 is 0 Å². The maximum absolute atomic E-state index is 2.36. The summed E-state index contributed by atoms with van der Waals surface area (Å²) in [7, 11) is 0. The van der Waals surface area contributed by atoms with E-state index in [-0.39, 0.29) is 0 Å². The molecule has 79 valence electrons. The Bertz CT molecular complexity index is 312. The van der Waals surface area contributed by atoms with Crippen molar-refractivity contribution in [2.45, 2.75) is 50.9 Å². The van der Waals surface area contributed by atoms with Crippen molar-refractivity contribution in [1.29, 1.82) is 0 Å². The molecular formula is C15H19. The summed E-state index contributed by atoms with van der Waals surface area (Å²) in [5.74, 6) is 2.60. The zero-order valence-corrected chi connectivity index (χ0v) is 9.34. The third-order valence-corrected chi connectivity index (χ3v) is 3.82. The second kappa shape index (κ2) is 4.00. The Morgan fingerprint density at radius 2 is 1.47 bits per heavy atom. The lowest BCUT2D eigenvalue weighted by Gasteiger charge is -2.21. The number of hydrogen-bond acceptors (Lipinski definition) is 0. The van der Waals surface area contributed by atoms with E-state index in [1.807, 2.05) is 0 Å². The van der Waals surface area contributed by atoms with Gasteiger partial charge in [-0.05, 0) is 42.7 Å². The number of rotatable bonds is 2. The van der Waals surface area contributed by atoms with E-state index in [1.54, 1.807) is 11.5 Å². The van der Waals surface area contributed by atoms with Gasteiger partial charge in [-0.15, -0.1) is 0 Å². The highest BCUT2D eigenvalue weighted by molar-refractivity contribution is 5.35. The van der Waals surface area contributed by atoms with Crippen LogP contribution in [0.2, 0.25) is 0 Å². The van der Waals surface area contributed by atoms with Crippen molar-refractivity contribution in [1.82, 2.24) is 0 Å². The lowest BCUT2D eigenvalue weighted by molar-refractivity contribution is 0.551. The van der Waals surface area contributed by atoms with Crippen molar-refractivity contribution in [3.63, 3.8) is 0 Å². The molecule has 0 saturated heterocycles. The van der Waals surface area contributed by atoms with Gasteiger partial charge in [0.1, 0.15) is 0 Å². The monoisotopic (exact) mass is 199 g/mol. The normalized spacial score (nSPS) is 22.9. The molecule has 0 aliphatic heterocycles. The van der Waals surface area contributed by atoms with E-state index in [0.29, 0.717) is 0 Å². The van der Waals surface area contributed by atoms with E-state index < -0.39 is 0 Å². The van der Waals surface area contributed by atoms with E-state index in [1.165, 1.54) is 50.5 Å². The molecule has 1 aromatic carbocycles. The first-order valence-corrected chi connectivity index (χ1v) is 6.38. The molecule has 0 atom stereocenters. The topological polar surface area (TPSA) is 0 Å². The fourth-order valence-electron chi connectivity index (χ4n) is 2.67. The largest absolute Gasteiger partial charge is 0.0585 e. The predicted octanol–water partition coefficient (Wildman–Crippen LogP) is 4.45. The maximum Gasteiger partial charge on any atom is 0.00498 e. The van der Waals surface area contributed by atoms with Crippen LogP contribution in [-0.2, 0) is 0 Å². The Labute approximate surface area is 92.7 Å². The van der Waals surface area contributed by atoms with Gasteiger partial charge in [0.05, 0.1) is 0 Å². The first kappa shape index (κ1) is 9.45. The van der Waals surface area contributed by atoms with E-state index in [4.69, 9.17) is 0 Å². The van der Waals surface area contributed by atoms with Crippen LogP contribution in [0, 0.1) is 5.92 Å². The Kier molecular flexibility index (Phi) is 2.52. The van der Waals surface area contributed by atoms with Crippen LogP contribution in [0.25, 0.3) is 0 Å². The summed E-state index contributed by atoms with van der Waals surface area (Å²) < 4.78 is 0. The quantitative estimate of drug-likeness (QED) is 0.660. The number of benzene rings is 1. The molecule has 0 amide bonds. The zero-order valence-electron chi connectivity index (χ0n) is 9.34. The Morgan fingerprint density at radius 1 is 0.800 bits per heavy atom. The van der Waals surface area contributed by atoms with Crippen LogP contribution in [0.15, 0.2) is 24.3 Å². The molecule has 2 aliphatic carbocycles. The average molecular weight is 199 g/mol. The van der Waals surface area contributed by atoms with Crippen molar-refractivity contribution in [3.8, 4) is 0 Å². The molecule has 0 nitrogen and oxygen atoms in total. The Balaban J connectivity index is 1.73. The molecule has 3 rings (SSSR count). The highest BCUT2D eigenvalue weighted by Gasteiger charge is 2.23. The summed E-state index contributed by atoms with van der Waals surface area (Å²) >= 11 is 0. The molecular weight excluding hydrogens is 180 g/mol.